The number of aliphatic hydroxyl groups excluding tert-OH is 1. The van der Waals surface area contributed by atoms with Gasteiger partial charge in [-0.25, -0.2) is 9.13 Å². The van der Waals surface area contributed by atoms with Gasteiger partial charge in [-0.3, -0.25) is 37.3 Å². The lowest BCUT2D eigenvalue weighted by Crippen LogP contribution is -2.30. The summed E-state index contributed by atoms with van der Waals surface area (Å²) < 4.78 is 68.7. The lowest BCUT2D eigenvalue weighted by Gasteiger charge is -2.21. The number of esters is 4. The van der Waals surface area contributed by atoms with Gasteiger partial charge in [-0.2, -0.15) is 0 Å². The van der Waals surface area contributed by atoms with Crippen molar-refractivity contribution in [2.75, 3.05) is 39.6 Å². The zero-order valence-electron chi connectivity index (χ0n) is 67.1. The molecule has 0 aromatic heterocycles. The summed E-state index contributed by atoms with van der Waals surface area (Å²) in [5.74, 6) is 0.293. The molecule has 0 aliphatic carbocycles. The standard InChI is InChI=1S/C83H162O17P2/c1-8-9-10-11-12-43-50-57-64-80(85)93-70-78(99-83(88)67-60-53-46-39-33-27-26-30-36-42-49-56-63-76(6)7)72-97-101(89,90)95-68-77(84)69-96-102(91,92)98-73-79(71-94-81(86)65-58-51-44-37-31-24-21-17-19-23-29-35-41-48-55-62-75(4)5)100-82(87)66-59-52-45-38-32-25-20-16-14-13-15-18-22-28-34-40-47-54-61-74(2)3/h74-79,84H,8-73H2,1-7H3,(H,89,90)(H,91,92)/t77-,78+,79+/m0/s1. The minimum atomic E-state index is -4.96. The first-order chi connectivity index (χ1) is 49.2. The van der Waals surface area contributed by atoms with Gasteiger partial charge in [0.25, 0.3) is 0 Å². The molecule has 0 radical (unpaired) electrons. The van der Waals surface area contributed by atoms with Crippen molar-refractivity contribution in [2.45, 2.75) is 452 Å². The highest BCUT2D eigenvalue weighted by Gasteiger charge is 2.30. The van der Waals surface area contributed by atoms with Gasteiger partial charge in [0.05, 0.1) is 26.4 Å². The van der Waals surface area contributed by atoms with E-state index in [1.165, 1.54) is 238 Å². The fourth-order valence-electron chi connectivity index (χ4n) is 12.8. The largest absolute Gasteiger partial charge is 0.472 e. The van der Waals surface area contributed by atoms with E-state index in [4.69, 9.17) is 37.0 Å². The molecule has 0 heterocycles. The molecule has 19 heteroatoms. The lowest BCUT2D eigenvalue weighted by molar-refractivity contribution is -0.161. The Labute approximate surface area is 626 Å². The molecule has 606 valence electrons. The maximum absolute atomic E-state index is 13.1. The van der Waals surface area contributed by atoms with Crippen LogP contribution in [-0.2, 0) is 65.4 Å². The number of hydrogen-bond acceptors (Lipinski definition) is 15. The molecule has 0 aromatic carbocycles. The number of ether oxygens (including phenoxy) is 4. The molecule has 0 aliphatic heterocycles. The fraction of sp³-hybridized carbons (Fsp3) is 0.952. The Kier molecular flexibility index (Phi) is 71.8. The number of phosphoric acid groups is 2. The first-order valence-electron chi connectivity index (χ1n) is 42.8. The third-order valence-corrected chi connectivity index (χ3v) is 21.3. The van der Waals surface area contributed by atoms with Crippen LogP contribution in [0.15, 0.2) is 0 Å². The van der Waals surface area contributed by atoms with Gasteiger partial charge in [-0.15, -0.1) is 0 Å². The zero-order chi connectivity index (χ0) is 75.1. The second-order valence-corrected chi connectivity index (χ2v) is 34.2. The normalized spacial score (nSPS) is 13.9. The summed E-state index contributed by atoms with van der Waals surface area (Å²) >= 11 is 0. The smallest absolute Gasteiger partial charge is 0.462 e. The van der Waals surface area contributed by atoms with Gasteiger partial charge in [0.1, 0.15) is 19.3 Å². The molecule has 17 nitrogen and oxygen atoms in total. The van der Waals surface area contributed by atoms with Gasteiger partial charge in [0, 0.05) is 25.7 Å². The number of carbonyl (C=O) groups excluding carboxylic acids is 4. The van der Waals surface area contributed by atoms with E-state index in [-0.39, 0.29) is 25.7 Å². The van der Waals surface area contributed by atoms with Gasteiger partial charge in [-0.05, 0) is 43.4 Å². The summed E-state index contributed by atoms with van der Waals surface area (Å²) in [5, 5.41) is 10.6. The second-order valence-electron chi connectivity index (χ2n) is 31.3. The second kappa shape index (κ2) is 73.2. The van der Waals surface area contributed by atoms with Crippen LogP contribution >= 0.6 is 15.6 Å². The Morgan fingerprint density at radius 2 is 0.451 bits per heavy atom. The third kappa shape index (κ3) is 76.3. The van der Waals surface area contributed by atoms with Crippen LogP contribution in [0.5, 0.6) is 0 Å². The molecule has 2 unspecified atom stereocenters. The summed E-state index contributed by atoms with van der Waals surface area (Å²) in [6.45, 7) is 12.0. The Hall–Kier alpha value is -1.94. The highest BCUT2D eigenvalue weighted by atomic mass is 31.2. The number of phosphoric ester groups is 2. The van der Waals surface area contributed by atoms with E-state index in [2.05, 4.69) is 48.5 Å². The monoisotopic (exact) mass is 1490 g/mol. The van der Waals surface area contributed by atoms with E-state index in [9.17, 15) is 43.2 Å². The van der Waals surface area contributed by atoms with Crippen molar-refractivity contribution in [1.82, 2.24) is 0 Å². The molecule has 102 heavy (non-hydrogen) atoms. The van der Waals surface area contributed by atoms with Gasteiger partial charge >= 0.3 is 39.5 Å². The van der Waals surface area contributed by atoms with Gasteiger partial charge in [0.2, 0.25) is 0 Å². The summed E-state index contributed by atoms with van der Waals surface area (Å²) in [5.41, 5.74) is 0. The average Bonchev–Trinajstić information content (AvgIpc) is 0.923. The number of hydrogen-bond donors (Lipinski definition) is 3. The SMILES string of the molecule is CCCCCCCCCCC(=O)OC[C@H](COP(=O)(O)OC[C@H](O)COP(=O)(O)OC[C@@H](COC(=O)CCCCCCCCCCCCCCCCCC(C)C)OC(=O)CCCCCCCCCCCCCCCCCCCCC(C)C)OC(=O)CCCCCCCCCCCCCCC(C)C. The van der Waals surface area contributed by atoms with Crippen molar-refractivity contribution in [3.63, 3.8) is 0 Å². The Balaban J connectivity index is 5.19. The first-order valence-corrected chi connectivity index (χ1v) is 45.8. The summed E-state index contributed by atoms with van der Waals surface area (Å²) in [6, 6.07) is 0. The van der Waals surface area contributed by atoms with Crippen LogP contribution in [0.1, 0.15) is 434 Å². The average molecular weight is 1490 g/mol. The molecule has 0 aromatic rings. The molecule has 0 bridgehead atoms. The summed E-state index contributed by atoms with van der Waals surface area (Å²) in [7, 11) is -9.92. The van der Waals surface area contributed by atoms with Crippen LogP contribution in [-0.4, -0.2) is 96.7 Å². The zero-order valence-corrected chi connectivity index (χ0v) is 68.9. The minimum absolute atomic E-state index is 0.107. The molecular formula is C83H162O17P2. The maximum Gasteiger partial charge on any atom is 0.472 e. The van der Waals surface area contributed by atoms with E-state index in [0.29, 0.717) is 25.7 Å². The van der Waals surface area contributed by atoms with Crippen molar-refractivity contribution < 1.29 is 80.2 Å². The first kappa shape index (κ1) is 100. The van der Waals surface area contributed by atoms with Gasteiger partial charge < -0.3 is 33.8 Å². The van der Waals surface area contributed by atoms with Crippen LogP contribution in [0.25, 0.3) is 0 Å². The molecular weight excluding hydrogens is 1330 g/mol. The lowest BCUT2D eigenvalue weighted by atomic mass is 10.0. The predicted octanol–water partition coefficient (Wildman–Crippen LogP) is 24.9. The van der Waals surface area contributed by atoms with Crippen LogP contribution in [0.4, 0.5) is 0 Å². The topological polar surface area (TPSA) is 237 Å². The maximum atomic E-state index is 13.1. The molecule has 0 saturated carbocycles. The van der Waals surface area contributed by atoms with E-state index in [0.717, 1.165) is 114 Å². The van der Waals surface area contributed by atoms with Crippen LogP contribution in [0.2, 0.25) is 0 Å². The number of unbranched alkanes of at least 4 members (excludes halogenated alkanes) is 49. The third-order valence-electron chi connectivity index (χ3n) is 19.4. The minimum Gasteiger partial charge on any atom is -0.462 e. The molecule has 0 rings (SSSR count). The quantitative estimate of drug-likeness (QED) is 0.0222. The van der Waals surface area contributed by atoms with Gasteiger partial charge in [-0.1, -0.05) is 382 Å². The Bertz CT molecular complexity index is 1970. The molecule has 5 atom stereocenters. The number of carbonyl (C=O) groups is 4. The van der Waals surface area contributed by atoms with Crippen molar-refractivity contribution in [1.29, 1.82) is 0 Å². The fourth-order valence-corrected chi connectivity index (χ4v) is 14.4. The number of aliphatic hydroxyl groups is 1. The summed E-state index contributed by atoms with van der Waals surface area (Å²) in [4.78, 5) is 73.0. The predicted molar refractivity (Wildman–Crippen MR) is 418 cm³/mol. The molecule has 0 fully saturated rings. The Morgan fingerprint density at radius 3 is 0.667 bits per heavy atom. The molecule has 3 N–H and O–H groups in total. The highest BCUT2D eigenvalue weighted by Crippen LogP contribution is 2.45. The Morgan fingerprint density at radius 1 is 0.265 bits per heavy atom. The number of rotatable bonds is 81. The molecule has 0 amide bonds. The van der Waals surface area contributed by atoms with Crippen LogP contribution < -0.4 is 0 Å². The molecule has 0 spiro atoms. The van der Waals surface area contributed by atoms with E-state index >= 15 is 0 Å². The van der Waals surface area contributed by atoms with E-state index < -0.39 is 97.5 Å². The van der Waals surface area contributed by atoms with Crippen molar-refractivity contribution >= 4 is 39.5 Å². The summed E-state index contributed by atoms with van der Waals surface area (Å²) in [6.07, 6.45) is 62.6. The molecule has 0 aliphatic rings. The van der Waals surface area contributed by atoms with E-state index in [1.807, 2.05) is 0 Å². The van der Waals surface area contributed by atoms with Crippen LogP contribution in [0.3, 0.4) is 0 Å². The van der Waals surface area contributed by atoms with Crippen molar-refractivity contribution in [3.05, 3.63) is 0 Å². The van der Waals surface area contributed by atoms with Crippen molar-refractivity contribution in [2.24, 2.45) is 17.8 Å². The highest BCUT2D eigenvalue weighted by molar-refractivity contribution is 7.47. The van der Waals surface area contributed by atoms with E-state index in [1.54, 1.807) is 0 Å². The van der Waals surface area contributed by atoms with Crippen LogP contribution in [0, 0.1) is 17.8 Å². The van der Waals surface area contributed by atoms with Gasteiger partial charge in [0.15, 0.2) is 12.2 Å². The van der Waals surface area contributed by atoms with Crippen molar-refractivity contribution in [3.8, 4) is 0 Å². The molecule has 0 saturated heterocycles.